The van der Waals surface area contributed by atoms with E-state index < -0.39 is 0 Å². The fourth-order valence-corrected chi connectivity index (χ4v) is 0.944. The molecule has 0 aliphatic heterocycles. The molecule has 1 saturated carbocycles. The first-order valence-corrected chi connectivity index (χ1v) is 3.49. The smallest absolute Gasteiger partial charge is 0.243 e. The Morgan fingerprint density at radius 1 is 1.80 bits per heavy atom. The summed E-state index contributed by atoms with van der Waals surface area (Å²) in [7, 11) is 0. The van der Waals surface area contributed by atoms with Gasteiger partial charge in [0.25, 0.3) is 0 Å². The monoisotopic (exact) mass is 139 g/mol. The zero-order valence-corrected chi connectivity index (χ0v) is 6.48. The van der Waals surface area contributed by atoms with E-state index in [-0.39, 0.29) is 5.91 Å². The predicted octanol–water partition coefficient (Wildman–Crippen LogP) is 1.09. The first-order valence-electron chi connectivity index (χ1n) is 3.49. The van der Waals surface area contributed by atoms with Crippen LogP contribution in [0.2, 0.25) is 0 Å². The van der Waals surface area contributed by atoms with Crippen LogP contribution in [-0.2, 0) is 4.79 Å². The summed E-state index contributed by atoms with van der Waals surface area (Å²) in [6, 6.07) is 0.373. The second-order valence-corrected chi connectivity index (χ2v) is 3.46. The topological polar surface area (TPSA) is 29.1 Å². The van der Waals surface area contributed by atoms with E-state index in [2.05, 4.69) is 25.7 Å². The molecule has 2 nitrogen and oxygen atoms in total. The molecule has 0 aromatic heterocycles. The summed E-state index contributed by atoms with van der Waals surface area (Å²) in [5.74, 6) is -0.0597. The van der Waals surface area contributed by atoms with E-state index in [9.17, 15) is 4.79 Å². The fraction of sp³-hybridized carbons (Fsp3) is 0.625. The van der Waals surface area contributed by atoms with Crippen molar-refractivity contribution in [3.63, 3.8) is 0 Å². The van der Waals surface area contributed by atoms with E-state index in [4.69, 9.17) is 0 Å². The first kappa shape index (κ1) is 7.32. The van der Waals surface area contributed by atoms with Gasteiger partial charge in [0.15, 0.2) is 0 Å². The summed E-state index contributed by atoms with van der Waals surface area (Å²) in [5.41, 5.74) is 0.318. The van der Waals surface area contributed by atoms with Gasteiger partial charge in [0.2, 0.25) is 5.91 Å². The Balaban J connectivity index is 2.30. The Bertz CT molecular complexity index is 172. The van der Waals surface area contributed by atoms with Gasteiger partial charge >= 0.3 is 0 Å². The molecule has 1 amide bonds. The molecule has 0 aromatic carbocycles. The summed E-state index contributed by atoms with van der Waals surface area (Å²) in [4.78, 5) is 10.7. The molecule has 56 valence electrons. The lowest BCUT2D eigenvalue weighted by atomic mass is 10.2. The number of rotatable bonds is 2. The van der Waals surface area contributed by atoms with E-state index in [1.165, 1.54) is 6.08 Å². The molecule has 1 aliphatic carbocycles. The quantitative estimate of drug-likeness (QED) is 0.570. The molecule has 1 fully saturated rings. The highest BCUT2D eigenvalue weighted by Gasteiger charge is 2.46. The van der Waals surface area contributed by atoms with Crippen molar-refractivity contribution < 1.29 is 4.79 Å². The normalized spacial score (nSPS) is 27.2. The van der Waals surface area contributed by atoms with Gasteiger partial charge in [0.1, 0.15) is 0 Å². The number of amides is 1. The number of nitrogens with one attached hydrogen (secondary N) is 1. The van der Waals surface area contributed by atoms with Crippen LogP contribution in [0.15, 0.2) is 12.7 Å². The molecule has 0 aromatic rings. The number of carbonyl (C=O) groups is 1. The van der Waals surface area contributed by atoms with E-state index in [0.717, 1.165) is 6.42 Å². The molecule has 0 saturated heterocycles. The zero-order chi connectivity index (χ0) is 7.78. The molecule has 1 aliphatic rings. The van der Waals surface area contributed by atoms with Crippen molar-refractivity contribution in [1.82, 2.24) is 5.32 Å². The molecule has 1 unspecified atom stereocenters. The molecule has 1 N–H and O–H groups in total. The second-order valence-electron chi connectivity index (χ2n) is 3.46. The number of hydrogen-bond donors (Lipinski definition) is 1. The van der Waals surface area contributed by atoms with Gasteiger partial charge in [-0.1, -0.05) is 20.4 Å². The van der Waals surface area contributed by atoms with Gasteiger partial charge in [-0.15, -0.1) is 0 Å². The van der Waals surface area contributed by atoms with Crippen molar-refractivity contribution in [2.45, 2.75) is 26.3 Å². The highest BCUT2D eigenvalue weighted by molar-refractivity contribution is 5.87. The van der Waals surface area contributed by atoms with Crippen LogP contribution in [0.5, 0.6) is 0 Å². The molecule has 0 radical (unpaired) electrons. The van der Waals surface area contributed by atoms with Gasteiger partial charge in [-0.3, -0.25) is 4.79 Å². The second kappa shape index (κ2) is 2.11. The fourth-order valence-electron chi connectivity index (χ4n) is 0.944. The largest absolute Gasteiger partial charge is 0.349 e. The van der Waals surface area contributed by atoms with Gasteiger partial charge < -0.3 is 5.32 Å². The van der Waals surface area contributed by atoms with Crippen molar-refractivity contribution in [3.05, 3.63) is 12.7 Å². The van der Waals surface area contributed by atoms with E-state index in [0.29, 0.717) is 11.5 Å². The minimum absolute atomic E-state index is 0.0597. The SMILES string of the molecule is C=CC(=O)NC1CC1(C)C. The third-order valence-electron chi connectivity index (χ3n) is 2.02. The molecule has 1 atom stereocenters. The average Bonchev–Trinajstić information content (AvgIpc) is 2.40. The number of hydrogen-bond acceptors (Lipinski definition) is 1. The van der Waals surface area contributed by atoms with Crippen molar-refractivity contribution in [2.75, 3.05) is 0 Å². The van der Waals surface area contributed by atoms with Crippen LogP contribution in [0.1, 0.15) is 20.3 Å². The van der Waals surface area contributed by atoms with Crippen LogP contribution >= 0.6 is 0 Å². The lowest BCUT2D eigenvalue weighted by molar-refractivity contribution is -0.116. The van der Waals surface area contributed by atoms with Gasteiger partial charge in [0.05, 0.1) is 0 Å². The highest BCUT2D eigenvalue weighted by Crippen LogP contribution is 2.44. The summed E-state index contributed by atoms with van der Waals surface area (Å²) in [6.45, 7) is 7.66. The van der Waals surface area contributed by atoms with Crippen molar-refractivity contribution in [1.29, 1.82) is 0 Å². The van der Waals surface area contributed by atoms with Gasteiger partial charge in [0, 0.05) is 6.04 Å². The lowest BCUT2D eigenvalue weighted by Gasteiger charge is -2.02. The van der Waals surface area contributed by atoms with Crippen molar-refractivity contribution in [3.8, 4) is 0 Å². The zero-order valence-electron chi connectivity index (χ0n) is 6.48. The molecule has 2 heteroatoms. The minimum Gasteiger partial charge on any atom is -0.349 e. The predicted molar refractivity (Wildman–Crippen MR) is 40.5 cm³/mol. The minimum atomic E-state index is -0.0597. The Kier molecular flexibility index (Phi) is 1.55. The van der Waals surface area contributed by atoms with Crippen LogP contribution in [0.4, 0.5) is 0 Å². The standard InChI is InChI=1S/C8H13NO/c1-4-7(10)9-6-5-8(6,2)3/h4,6H,1,5H2,2-3H3,(H,9,10). The first-order chi connectivity index (χ1) is 4.56. The van der Waals surface area contributed by atoms with E-state index in [1.54, 1.807) is 0 Å². The Morgan fingerprint density at radius 2 is 2.30 bits per heavy atom. The van der Waals surface area contributed by atoms with Crippen LogP contribution in [-0.4, -0.2) is 11.9 Å². The molecule has 0 heterocycles. The third kappa shape index (κ3) is 1.38. The molecular formula is C8H13NO. The molecule has 10 heavy (non-hydrogen) atoms. The van der Waals surface area contributed by atoms with Gasteiger partial charge in [-0.25, -0.2) is 0 Å². The lowest BCUT2D eigenvalue weighted by Crippen LogP contribution is -2.26. The maximum Gasteiger partial charge on any atom is 0.243 e. The summed E-state index contributed by atoms with van der Waals surface area (Å²) < 4.78 is 0. The summed E-state index contributed by atoms with van der Waals surface area (Å²) >= 11 is 0. The van der Waals surface area contributed by atoms with E-state index in [1.807, 2.05) is 0 Å². The molecular weight excluding hydrogens is 126 g/mol. The average molecular weight is 139 g/mol. The van der Waals surface area contributed by atoms with Gasteiger partial charge in [-0.2, -0.15) is 0 Å². The number of carbonyl (C=O) groups excluding carboxylic acids is 1. The van der Waals surface area contributed by atoms with Gasteiger partial charge in [-0.05, 0) is 17.9 Å². The van der Waals surface area contributed by atoms with Crippen LogP contribution in [0.3, 0.4) is 0 Å². The Morgan fingerprint density at radius 3 is 2.60 bits per heavy atom. The molecule has 0 bridgehead atoms. The van der Waals surface area contributed by atoms with E-state index >= 15 is 0 Å². The molecule has 1 rings (SSSR count). The summed E-state index contributed by atoms with van der Waals surface area (Å²) in [5, 5.41) is 2.84. The highest BCUT2D eigenvalue weighted by atomic mass is 16.1. The van der Waals surface area contributed by atoms with Crippen molar-refractivity contribution in [2.24, 2.45) is 5.41 Å². The Hall–Kier alpha value is -0.790. The summed E-state index contributed by atoms with van der Waals surface area (Å²) in [6.07, 6.45) is 2.40. The maximum absolute atomic E-state index is 10.7. The van der Waals surface area contributed by atoms with Crippen LogP contribution in [0, 0.1) is 5.41 Å². The van der Waals surface area contributed by atoms with Crippen LogP contribution < -0.4 is 5.32 Å². The Labute approximate surface area is 61.3 Å². The van der Waals surface area contributed by atoms with Crippen molar-refractivity contribution >= 4 is 5.91 Å². The van der Waals surface area contributed by atoms with Crippen LogP contribution in [0.25, 0.3) is 0 Å². The maximum atomic E-state index is 10.7. The third-order valence-corrected chi connectivity index (χ3v) is 2.02. The molecule has 0 spiro atoms.